The molecule has 0 aliphatic carbocycles. The number of rotatable bonds is 10. The van der Waals surface area contributed by atoms with Crippen molar-refractivity contribution in [3.8, 4) is 0 Å². The fourth-order valence-electron chi connectivity index (χ4n) is 3.63. The van der Waals surface area contributed by atoms with E-state index in [9.17, 15) is 5.11 Å². The lowest BCUT2D eigenvalue weighted by Crippen LogP contribution is -2.51. The molecule has 0 aromatic carbocycles. The van der Waals surface area contributed by atoms with E-state index in [1.165, 1.54) is 25.9 Å². The molecule has 0 radical (unpaired) electrons. The Kier molecular flexibility index (Phi) is 10.4. The molecule has 0 amide bonds. The lowest BCUT2D eigenvalue weighted by Gasteiger charge is -2.42. The highest BCUT2D eigenvalue weighted by Gasteiger charge is 2.30. The molecule has 1 fully saturated rings. The number of nitrogens with zero attached hydrogens (tertiary/aromatic N) is 2. The molecule has 0 saturated carbocycles. The second kappa shape index (κ2) is 11.7. The van der Waals surface area contributed by atoms with Crippen molar-refractivity contribution in [2.75, 3.05) is 39.3 Å². The average molecular weight is 355 g/mol. The van der Waals surface area contributed by atoms with Crippen molar-refractivity contribution < 1.29 is 5.11 Å². The van der Waals surface area contributed by atoms with Gasteiger partial charge in [-0.1, -0.05) is 20.3 Å². The van der Waals surface area contributed by atoms with E-state index in [0.29, 0.717) is 5.92 Å². The van der Waals surface area contributed by atoms with E-state index >= 15 is 0 Å². The quantitative estimate of drug-likeness (QED) is 0.417. The third-order valence-corrected chi connectivity index (χ3v) is 5.27. The molecular formula is C20H42N4O. The van der Waals surface area contributed by atoms with Crippen molar-refractivity contribution in [3.63, 3.8) is 0 Å². The van der Waals surface area contributed by atoms with E-state index in [1.54, 1.807) is 0 Å². The Hall–Kier alpha value is -0.810. The van der Waals surface area contributed by atoms with Gasteiger partial charge < -0.3 is 15.7 Å². The Morgan fingerprint density at radius 3 is 2.64 bits per heavy atom. The summed E-state index contributed by atoms with van der Waals surface area (Å²) in [6.45, 7) is 16.4. The second-order valence-electron chi connectivity index (χ2n) is 8.25. The Labute approximate surface area is 155 Å². The summed E-state index contributed by atoms with van der Waals surface area (Å²) in [5.74, 6) is 2.20. The van der Waals surface area contributed by atoms with Crippen LogP contribution in [0, 0.1) is 11.8 Å². The third kappa shape index (κ3) is 8.41. The van der Waals surface area contributed by atoms with Crippen molar-refractivity contribution in [2.45, 2.75) is 72.3 Å². The molecule has 1 saturated heterocycles. The number of guanidine groups is 1. The highest BCUT2D eigenvalue weighted by atomic mass is 16.3. The molecule has 5 heteroatoms. The second-order valence-corrected chi connectivity index (χ2v) is 8.25. The highest BCUT2D eigenvalue weighted by molar-refractivity contribution is 5.79. The summed E-state index contributed by atoms with van der Waals surface area (Å²) >= 11 is 0. The van der Waals surface area contributed by atoms with Gasteiger partial charge in [0.2, 0.25) is 0 Å². The first-order chi connectivity index (χ1) is 11.9. The van der Waals surface area contributed by atoms with Crippen LogP contribution in [0.1, 0.15) is 66.7 Å². The van der Waals surface area contributed by atoms with Crippen molar-refractivity contribution in [1.29, 1.82) is 0 Å². The number of aliphatic imine (C=N–C) groups is 1. The average Bonchev–Trinajstić information content (AvgIpc) is 2.57. The molecule has 0 spiro atoms. The van der Waals surface area contributed by atoms with Crippen LogP contribution >= 0.6 is 0 Å². The van der Waals surface area contributed by atoms with E-state index in [-0.39, 0.29) is 12.1 Å². The first-order valence-corrected chi connectivity index (χ1v) is 10.3. The zero-order valence-corrected chi connectivity index (χ0v) is 17.3. The lowest BCUT2D eigenvalue weighted by atomic mass is 9.94. The summed E-state index contributed by atoms with van der Waals surface area (Å²) in [6.07, 6.45) is 5.80. The van der Waals surface area contributed by atoms with Gasteiger partial charge in [-0.2, -0.15) is 0 Å². The Balaban J connectivity index is 2.60. The molecule has 1 rings (SSSR count). The predicted octanol–water partition coefficient (Wildman–Crippen LogP) is 2.85. The molecule has 25 heavy (non-hydrogen) atoms. The SMILES string of the molecule is CCCC(CCO)CNC(=NCC(C)(C)N1CCCC(C)C1)NCC. The normalized spacial score (nSPS) is 21.2. The van der Waals surface area contributed by atoms with Gasteiger partial charge in [-0.05, 0) is 64.8 Å². The van der Waals surface area contributed by atoms with Crippen LogP contribution in [0.3, 0.4) is 0 Å². The summed E-state index contributed by atoms with van der Waals surface area (Å²) in [5, 5.41) is 16.1. The van der Waals surface area contributed by atoms with Crippen LogP contribution < -0.4 is 10.6 Å². The van der Waals surface area contributed by atoms with Crippen molar-refractivity contribution >= 4 is 5.96 Å². The molecule has 2 atom stereocenters. The number of piperidine rings is 1. The highest BCUT2D eigenvalue weighted by Crippen LogP contribution is 2.24. The Morgan fingerprint density at radius 2 is 2.04 bits per heavy atom. The van der Waals surface area contributed by atoms with Crippen LogP contribution in [0.2, 0.25) is 0 Å². The first kappa shape index (κ1) is 22.2. The first-order valence-electron chi connectivity index (χ1n) is 10.3. The van der Waals surface area contributed by atoms with E-state index < -0.39 is 0 Å². The standard InChI is InChI=1S/C20H42N4O/c1-6-9-18(11-13-25)14-22-19(21-7-2)23-16-20(4,5)24-12-8-10-17(3)15-24/h17-18,25H,6-16H2,1-5H3,(H2,21,22,23). The van der Waals surface area contributed by atoms with E-state index in [1.807, 2.05) is 0 Å². The topological polar surface area (TPSA) is 59.9 Å². The van der Waals surface area contributed by atoms with Gasteiger partial charge in [0.1, 0.15) is 0 Å². The van der Waals surface area contributed by atoms with E-state index in [4.69, 9.17) is 4.99 Å². The van der Waals surface area contributed by atoms with Gasteiger partial charge in [0.25, 0.3) is 0 Å². The summed E-state index contributed by atoms with van der Waals surface area (Å²) in [5.41, 5.74) is 0.0882. The zero-order valence-electron chi connectivity index (χ0n) is 17.3. The molecule has 5 nitrogen and oxygen atoms in total. The van der Waals surface area contributed by atoms with Gasteiger partial charge in [-0.25, -0.2) is 0 Å². The third-order valence-electron chi connectivity index (χ3n) is 5.27. The van der Waals surface area contributed by atoms with Crippen LogP contribution in [0.25, 0.3) is 0 Å². The number of aliphatic hydroxyl groups is 1. The van der Waals surface area contributed by atoms with Crippen molar-refractivity contribution in [1.82, 2.24) is 15.5 Å². The number of likely N-dealkylation sites (tertiary alicyclic amines) is 1. The van der Waals surface area contributed by atoms with Gasteiger partial charge in [0.05, 0.1) is 6.54 Å². The monoisotopic (exact) mass is 354 g/mol. The number of aliphatic hydroxyl groups excluding tert-OH is 1. The summed E-state index contributed by atoms with van der Waals surface area (Å²) < 4.78 is 0. The predicted molar refractivity (Wildman–Crippen MR) is 108 cm³/mol. The number of nitrogens with one attached hydrogen (secondary N) is 2. The van der Waals surface area contributed by atoms with Crippen molar-refractivity contribution in [2.24, 2.45) is 16.8 Å². The maximum absolute atomic E-state index is 9.23. The summed E-state index contributed by atoms with van der Waals surface area (Å²) in [6, 6.07) is 0. The zero-order chi connectivity index (χ0) is 18.7. The minimum absolute atomic E-state index is 0.0882. The maximum Gasteiger partial charge on any atom is 0.191 e. The largest absolute Gasteiger partial charge is 0.396 e. The molecule has 0 aromatic rings. The van der Waals surface area contributed by atoms with Gasteiger partial charge in [0, 0.05) is 31.8 Å². The fourth-order valence-corrected chi connectivity index (χ4v) is 3.63. The van der Waals surface area contributed by atoms with Crippen molar-refractivity contribution in [3.05, 3.63) is 0 Å². The van der Waals surface area contributed by atoms with Gasteiger partial charge in [-0.3, -0.25) is 9.89 Å². The number of hydrogen-bond acceptors (Lipinski definition) is 3. The minimum atomic E-state index is 0.0882. The van der Waals surface area contributed by atoms with Crippen LogP contribution in [-0.4, -0.2) is 60.8 Å². The summed E-state index contributed by atoms with van der Waals surface area (Å²) in [7, 11) is 0. The molecular weight excluding hydrogens is 312 g/mol. The molecule has 2 unspecified atom stereocenters. The fraction of sp³-hybridized carbons (Fsp3) is 0.950. The Morgan fingerprint density at radius 1 is 1.28 bits per heavy atom. The van der Waals surface area contributed by atoms with Crippen LogP contribution in [-0.2, 0) is 0 Å². The molecule has 1 aliphatic rings. The Bertz CT molecular complexity index is 378. The lowest BCUT2D eigenvalue weighted by molar-refractivity contribution is 0.0774. The van der Waals surface area contributed by atoms with Gasteiger partial charge in [0.15, 0.2) is 5.96 Å². The molecule has 1 aliphatic heterocycles. The molecule has 3 N–H and O–H groups in total. The van der Waals surface area contributed by atoms with E-state index in [0.717, 1.165) is 50.8 Å². The molecule has 148 valence electrons. The molecule has 0 bridgehead atoms. The molecule has 0 aromatic heterocycles. The minimum Gasteiger partial charge on any atom is -0.396 e. The van der Waals surface area contributed by atoms with Crippen LogP contribution in [0.4, 0.5) is 0 Å². The smallest absolute Gasteiger partial charge is 0.191 e. The number of hydrogen-bond donors (Lipinski definition) is 3. The maximum atomic E-state index is 9.23. The van der Waals surface area contributed by atoms with E-state index in [2.05, 4.69) is 50.2 Å². The van der Waals surface area contributed by atoms with Crippen LogP contribution in [0.15, 0.2) is 4.99 Å². The molecule has 1 heterocycles. The van der Waals surface area contributed by atoms with Gasteiger partial charge >= 0.3 is 0 Å². The summed E-state index contributed by atoms with van der Waals surface area (Å²) in [4.78, 5) is 7.46. The van der Waals surface area contributed by atoms with Gasteiger partial charge in [-0.15, -0.1) is 0 Å². The van der Waals surface area contributed by atoms with Crippen LogP contribution in [0.5, 0.6) is 0 Å².